The van der Waals surface area contributed by atoms with Crippen molar-refractivity contribution in [1.82, 2.24) is 9.78 Å². The van der Waals surface area contributed by atoms with E-state index in [1.807, 2.05) is 42.1 Å². The van der Waals surface area contributed by atoms with Crippen LogP contribution in [-0.4, -0.2) is 16.4 Å². The number of benzene rings is 1. The highest BCUT2D eigenvalue weighted by molar-refractivity contribution is 5.29. The van der Waals surface area contributed by atoms with Crippen molar-refractivity contribution in [2.45, 2.75) is 25.8 Å². The van der Waals surface area contributed by atoms with Crippen LogP contribution in [0, 0.1) is 0 Å². The molecule has 2 rings (SSSR count). The van der Waals surface area contributed by atoms with E-state index in [1.165, 1.54) is 5.69 Å². The number of aryl methyl sites for hydroxylation is 1. The summed E-state index contributed by atoms with van der Waals surface area (Å²) in [4.78, 5) is 0. The van der Waals surface area contributed by atoms with Crippen molar-refractivity contribution < 1.29 is 4.74 Å². The van der Waals surface area contributed by atoms with Crippen molar-refractivity contribution >= 4 is 0 Å². The minimum atomic E-state index is 0.114. The molecule has 0 saturated heterocycles. The molecule has 1 aromatic carbocycles. The molecule has 0 radical (unpaired) electrons. The fourth-order valence-electron chi connectivity index (χ4n) is 1.97. The van der Waals surface area contributed by atoms with E-state index >= 15 is 0 Å². The highest BCUT2D eigenvalue weighted by Crippen LogP contribution is 2.18. The fourth-order valence-corrected chi connectivity index (χ4v) is 1.97. The molecule has 0 bridgehead atoms. The van der Waals surface area contributed by atoms with Gasteiger partial charge in [0.1, 0.15) is 5.75 Å². The lowest BCUT2D eigenvalue weighted by molar-refractivity contribution is 0.318. The summed E-state index contributed by atoms with van der Waals surface area (Å²) >= 11 is 0. The quantitative estimate of drug-likeness (QED) is 0.867. The van der Waals surface area contributed by atoms with Crippen molar-refractivity contribution in [2.24, 2.45) is 12.8 Å². The summed E-state index contributed by atoms with van der Waals surface area (Å²) in [5.74, 6) is 0.884. The average molecular weight is 259 g/mol. The summed E-state index contributed by atoms with van der Waals surface area (Å²) in [5, 5.41) is 4.13. The molecule has 4 nitrogen and oxygen atoms in total. The van der Waals surface area contributed by atoms with Gasteiger partial charge in [0.2, 0.25) is 0 Å². The van der Waals surface area contributed by atoms with E-state index in [0.717, 1.165) is 24.2 Å². The van der Waals surface area contributed by atoms with Gasteiger partial charge in [-0.3, -0.25) is 4.68 Å². The minimum absolute atomic E-state index is 0.114. The largest absolute Gasteiger partial charge is 0.493 e. The first-order valence-corrected chi connectivity index (χ1v) is 6.66. The number of rotatable bonds is 6. The first kappa shape index (κ1) is 13.6. The predicted octanol–water partition coefficient (Wildman–Crippen LogP) is 2.45. The fraction of sp³-hybridized carbons (Fsp3) is 0.400. The molecular weight excluding hydrogens is 238 g/mol. The van der Waals surface area contributed by atoms with Crippen LogP contribution < -0.4 is 10.5 Å². The zero-order valence-electron chi connectivity index (χ0n) is 11.5. The topological polar surface area (TPSA) is 53.1 Å². The van der Waals surface area contributed by atoms with Crippen LogP contribution in [-0.2, 0) is 13.5 Å². The highest BCUT2D eigenvalue weighted by atomic mass is 16.5. The minimum Gasteiger partial charge on any atom is -0.493 e. The van der Waals surface area contributed by atoms with Gasteiger partial charge in [0, 0.05) is 31.4 Å². The van der Waals surface area contributed by atoms with Gasteiger partial charge < -0.3 is 10.5 Å². The average Bonchev–Trinajstić information content (AvgIpc) is 2.84. The molecule has 0 aliphatic rings. The Morgan fingerprint density at radius 1 is 1.26 bits per heavy atom. The van der Waals surface area contributed by atoms with Gasteiger partial charge in [0.05, 0.1) is 6.61 Å². The number of aromatic nitrogens is 2. The van der Waals surface area contributed by atoms with Crippen molar-refractivity contribution in [3.8, 4) is 5.75 Å². The number of nitrogens with two attached hydrogens (primary N) is 1. The van der Waals surface area contributed by atoms with Gasteiger partial charge >= 0.3 is 0 Å². The molecule has 0 spiro atoms. The Bertz CT molecular complexity index is 504. The summed E-state index contributed by atoms with van der Waals surface area (Å²) in [6.07, 6.45) is 3.60. The Balaban J connectivity index is 1.85. The van der Waals surface area contributed by atoms with Crippen LogP contribution in [0.1, 0.15) is 30.6 Å². The van der Waals surface area contributed by atoms with E-state index < -0.39 is 0 Å². The molecule has 0 aliphatic carbocycles. The lowest BCUT2D eigenvalue weighted by atomic mass is 10.1. The van der Waals surface area contributed by atoms with E-state index in [-0.39, 0.29) is 6.04 Å². The standard InChI is InChI=1S/C15H21N3O/c1-3-15(16)12-4-6-14(7-5-12)19-11-9-13-8-10-17-18(13)2/h4-8,10,15H,3,9,11,16H2,1-2H3/t15-/m1/s1. The first-order chi connectivity index (χ1) is 9.20. The second-order valence-corrected chi connectivity index (χ2v) is 4.63. The lowest BCUT2D eigenvalue weighted by Crippen LogP contribution is -2.09. The van der Waals surface area contributed by atoms with E-state index in [9.17, 15) is 0 Å². The predicted molar refractivity (Wildman–Crippen MR) is 76.1 cm³/mol. The number of nitrogens with zero attached hydrogens (tertiary/aromatic N) is 2. The van der Waals surface area contributed by atoms with Gasteiger partial charge in [-0.15, -0.1) is 0 Å². The van der Waals surface area contributed by atoms with Gasteiger partial charge in [-0.1, -0.05) is 19.1 Å². The molecule has 0 unspecified atom stereocenters. The Kier molecular flexibility index (Phi) is 4.58. The van der Waals surface area contributed by atoms with Gasteiger partial charge in [0.25, 0.3) is 0 Å². The highest BCUT2D eigenvalue weighted by Gasteiger charge is 2.03. The SMILES string of the molecule is CC[C@@H](N)c1ccc(OCCc2ccnn2C)cc1. The monoisotopic (exact) mass is 259 g/mol. The van der Waals surface area contributed by atoms with Crippen LogP contribution in [0.3, 0.4) is 0 Å². The van der Waals surface area contributed by atoms with Crippen LogP contribution in [0.2, 0.25) is 0 Å². The number of ether oxygens (including phenoxy) is 1. The molecule has 1 atom stereocenters. The maximum atomic E-state index is 5.97. The van der Waals surface area contributed by atoms with Crippen molar-refractivity contribution in [1.29, 1.82) is 0 Å². The number of hydrogen-bond donors (Lipinski definition) is 1. The van der Waals surface area contributed by atoms with Crippen LogP contribution >= 0.6 is 0 Å². The van der Waals surface area contributed by atoms with Gasteiger partial charge in [-0.05, 0) is 30.2 Å². The van der Waals surface area contributed by atoms with Crippen LogP contribution in [0.25, 0.3) is 0 Å². The smallest absolute Gasteiger partial charge is 0.119 e. The Hall–Kier alpha value is -1.81. The van der Waals surface area contributed by atoms with Crippen molar-refractivity contribution in [2.75, 3.05) is 6.61 Å². The normalized spacial score (nSPS) is 12.4. The van der Waals surface area contributed by atoms with Gasteiger partial charge in [-0.25, -0.2) is 0 Å². The summed E-state index contributed by atoms with van der Waals surface area (Å²) in [7, 11) is 1.94. The van der Waals surface area contributed by atoms with Crippen LogP contribution in [0.15, 0.2) is 36.5 Å². The van der Waals surface area contributed by atoms with Crippen molar-refractivity contribution in [3.05, 3.63) is 47.8 Å². The molecule has 102 valence electrons. The third-order valence-corrected chi connectivity index (χ3v) is 3.30. The van der Waals surface area contributed by atoms with Gasteiger partial charge in [-0.2, -0.15) is 5.10 Å². The van der Waals surface area contributed by atoms with Crippen molar-refractivity contribution in [3.63, 3.8) is 0 Å². The summed E-state index contributed by atoms with van der Waals surface area (Å²) in [6, 6.07) is 10.2. The lowest BCUT2D eigenvalue weighted by Gasteiger charge is -2.11. The summed E-state index contributed by atoms with van der Waals surface area (Å²) < 4.78 is 7.59. The first-order valence-electron chi connectivity index (χ1n) is 6.66. The second-order valence-electron chi connectivity index (χ2n) is 4.63. The summed E-state index contributed by atoms with van der Waals surface area (Å²) in [5.41, 5.74) is 8.30. The Morgan fingerprint density at radius 3 is 2.58 bits per heavy atom. The van der Waals surface area contributed by atoms with E-state index in [4.69, 9.17) is 10.5 Å². The Morgan fingerprint density at radius 2 is 2.00 bits per heavy atom. The molecule has 0 fully saturated rings. The molecule has 1 heterocycles. The molecule has 0 aliphatic heterocycles. The second kappa shape index (κ2) is 6.38. The molecule has 2 N–H and O–H groups in total. The molecule has 1 aromatic heterocycles. The maximum absolute atomic E-state index is 5.97. The zero-order chi connectivity index (χ0) is 13.7. The number of hydrogen-bond acceptors (Lipinski definition) is 3. The van der Waals surface area contributed by atoms with Crippen LogP contribution in [0.4, 0.5) is 0 Å². The molecule has 0 saturated carbocycles. The molecular formula is C15H21N3O. The van der Waals surface area contributed by atoms with E-state index in [0.29, 0.717) is 6.61 Å². The van der Waals surface area contributed by atoms with Crippen LogP contribution in [0.5, 0.6) is 5.75 Å². The molecule has 19 heavy (non-hydrogen) atoms. The molecule has 2 aromatic rings. The van der Waals surface area contributed by atoms with Gasteiger partial charge in [0.15, 0.2) is 0 Å². The van der Waals surface area contributed by atoms with E-state index in [2.05, 4.69) is 12.0 Å². The molecule has 0 amide bonds. The zero-order valence-corrected chi connectivity index (χ0v) is 11.5. The maximum Gasteiger partial charge on any atom is 0.119 e. The Labute approximate surface area is 114 Å². The third-order valence-electron chi connectivity index (χ3n) is 3.30. The third kappa shape index (κ3) is 3.58. The van der Waals surface area contributed by atoms with E-state index in [1.54, 1.807) is 6.20 Å². The molecule has 4 heteroatoms. The summed E-state index contributed by atoms with van der Waals surface area (Å²) in [6.45, 7) is 2.74.